The van der Waals surface area contributed by atoms with Crippen molar-refractivity contribution in [2.45, 2.75) is 39.5 Å². The maximum Gasteiger partial charge on any atom is 0.122 e. The quantitative estimate of drug-likeness (QED) is 0.730. The van der Waals surface area contributed by atoms with Crippen molar-refractivity contribution in [3.8, 4) is 5.75 Å². The molecule has 3 heteroatoms. The van der Waals surface area contributed by atoms with Crippen LogP contribution in [0.5, 0.6) is 5.75 Å². The summed E-state index contributed by atoms with van der Waals surface area (Å²) in [6, 6.07) is 4.30. The van der Waals surface area contributed by atoms with E-state index in [0.29, 0.717) is 0 Å². The van der Waals surface area contributed by atoms with Crippen LogP contribution in [0.1, 0.15) is 37.3 Å². The lowest BCUT2D eigenvalue weighted by atomic mass is 10.0. The molecule has 1 aromatic carbocycles. The molecule has 0 amide bonds. The zero-order valence-electron chi connectivity index (χ0n) is 11.7. The van der Waals surface area contributed by atoms with Crippen LogP contribution in [0, 0.1) is 6.92 Å². The number of nitrogens with one attached hydrogen (secondary N) is 1. The Morgan fingerprint density at radius 2 is 2.00 bits per heavy atom. The molecular weight excluding hydrogens is 290 g/mol. The molecule has 2 nitrogen and oxygen atoms in total. The SMILES string of the molecule is CCNCCCCCc1cc(Br)c(C)cc1OC. The topological polar surface area (TPSA) is 21.3 Å². The maximum atomic E-state index is 5.44. The van der Waals surface area contributed by atoms with E-state index in [0.717, 1.165) is 25.3 Å². The molecule has 0 aliphatic rings. The van der Waals surface area contributed by atoms with Gasteiger partial charge in [-0.2, -0.15) is 0 Å². The lowest BCUT2D eigenvalue weighted by Gasteiger charge is -2.11. The van der Waals surface area contributed by atoms with E-state index in [1.165, 1.54) is 34.9 Å². The lowest BCUT2D eigenvalue weighted by molar-refractivity contribution is 0.408. The van der Waals surface area contributed by atoms with E-state index in [-0.39, 0.29) is 0 Å². The number of unbranched alkanes of at least 4 members (excludes halogenated alkanes) is 2. The molecule has 0 aromatic heterocycles. The van der Waals surface area contributed by atoms with E-state index < -0.39 is 0 Å². The number of rotatable bonds is 8. The van der Waals surface area contributed by atoms with Gasteiger partial charge in [-0.15, -0.1) is 0 Å². The summed E-state index contributed by atoms with van der Waals surface area (Å²) in [6.07, 6.45) is 4.83. The molecule has 0 saturated carbocycles. The Kier molecular flexibility index (Phi) is 7.36. The van der Waals surface area contributed by atoms with Crippen LogP contribution in [0.2, 0.25) is 0 Å². The fraction of sp³-hybridized carbons (Fsp3) is 0.600. The van der Waals surface area contributed by atoms with E-state index in [1.54, 1.807) is 7.11 Å². The highest BCUT2D eigenvalue weighted by Crippen LogP contribution is 2.28. The maximum absolute atomic E-state index is 5.44. The van der Waals surface area contributed by atoms with Gasteiger partial charge in [0.25, 0.3) is 0 Å². The van der Waals surface area contributed by atoms with Crippen LogP contribution in [0.4, 0.5) is 0 Å². The summed E-state index contributed by atoms with van der Waals surface area (Å²) in [6.45, 7) is 6.44. The molecule has 18 heavy (non-hydrogen) atoms. The first-order valence-electron chi connectivity index (χ1n) is 6.72. The molecule has 102 valence electrons. The van der Waals surface area contributed by atoms with Gasteiger partial charge in [0.1, 0.15) is 5.75 Å². The third-order valence-electron chi connectivity index (χ3n) is 3.11. The molecule has 0 atom stereocenters. The van der Waals surface area contributed by atoms with Crippen molar-refractivity contribution in [2.24, 2.45) is 0 Å². The number of methoxy groups -OCH3 is 1. The smallest absolute Gasteiger partial charge is 0.122 e. The van der Waals surface area contributed by atoms with Crippen molar-refractivity contribution in [3.63, 3.8) is 0 Å². The van der Waals surface area contributed by atoms with Gasteiger partial charge in [-0.3, -0.25) is 0 Å². The molecule has 0 saturated heterocycles. The highest BCUT2D eigenvalue weighted by molar-refractivity contribution is 9.10. The third kappa shape index (κ3) is 4.99. The van der Waals surface area contributed by atoms with Gasteiger partial charge >= 0.3 is 0 Å². The molecule has 0 heterocycles. The number of ether oxygens (including phenoxy) is 1. The van der Waals surface area contributed by atoms with Crippen molar-refractivity contribution < 1.29 is 4.74 Å². The second-order valence-corrected chi connectivity index (χ2v) is 5.43. The Bertz CT molecular complexity index is 366. The molecule has 0 fully saturated rings. The van der Waals surface area contributed by atoms with E-state index in [4.69, 9.17) is 4.74 Å². The minimum atomic E-state index is 1.02. The highest BCUT2D eigenvalue weighted by atomic mass is 79.9. The van der Waals surface area contributed by atoms with Crippen molar-refractivity contribution >= 4 is 15.9 Å². The normalized spacial score (nSPS) is 10.7. The fourth-order valence-electron chi connectivity index (χ4n) is 2.00. The van der Waals surface area contributed by atoms with Crippen LogP contribution in [-0.4, -0.2) is 20.2 Å². The Balaban J connectivity index is 2.43. The predicted molar refractivity (Wildman–Crippen MR) is 81.5 cm³/mol. The van der Waals surface area contributed by atoms with Gasteiger partial charge < -0.3 is 10.1 Å². The Morgan fingerprint density at radius 3 is 2.67 bits per heavy atom. The first kappa shape index (κ1) is 15.5. The minimum absolute atomic E-state index is 1.02. The molecular formula is C15H24BrNO. The average Bonchev–Trinajstić information content (AvgIpc) is 2.37. The van der Waals surface area contributed by atoms with E-state index in [2.05, 4.69) is 47.2 Å². The van der Waals surface area contributed by atoms with Gasteiger partial charge in [0.2, 0.25) is 0 Å². The first-order valence-corrected chi connectivity index (χ1v) is 7.52. The summed E-state index contributed by atoms with van der Waals surface area (Å²) < 4.78 is 6.62. The van der Waals surface area contributed by atoms with Crippen LogP contribution in [0.15, 0.2) is 16.6 Å². The molecule has 0 spiro atoms. The number of hydrogen-bond donors (Lipinski definition) is 1. The molecule has 1 rings (SSSR count). The van der Waals surface area contributed by atoms with E-state index in [9.17, 15) is 0 Å². The second-order valence-electron chi connectivity index (χ2n) is 4.58. The second kappa shape index (κ2) is 8.54. The molecule has 0 unspecified atom stereocenters. The van der Waals surface area contributed by atoms with Crippen molar-refractivity contribution in [1.29, 1.82) is 0 Å². The van der Waals surface area contributed by atoms with Crippen molar-refractivity contribution in [2.75, 3.05) is 20.2 Å². The van der Waals surface area contributed by atoms with Crippen molar-refractivity contribution in [1.82, 2.24) is 5.32 Å². The average molecular weight is 314 g/mol. The molecule has 1 aromatic rings. The van der Waals surface area contributed by atoms with Gasteiger partial charge in [-0.05, 0) is 62.5 Å². The molecule has 0 bridgehead atoms. The highest BCUT2D eigenvalue weighted by Gasteiger charge is 2.06. The Labute approximate surface area is 119 Å². The van der Waals surface area contributed by atoms with Gasteiger partial charge in [0.15, 0.2) is 0 Å². The molecule has 1 N–H and O–H groups in total. The minimum Gasteiger partial charge on any atom is -0.496 e. The predicted octanol–water partition coefficient (Wildman–Crippen LogP) is 4.09. The van der Waals surface area contributed by atoms with E-state index in [1.807, 2.05) is 0 Å². The van der Waals surface area contributed by atoms with Crippen molar-refractivity contribution in [3.05, 3.63) is 27.7 Å². The standard InChI is InChI=1S/C15H24BrNO/c1-4-17-9-7-5-6-8-13-11-14(16)12(2)10-15(13)18-3/h10-11,17H,4-9H2,1-3H3. The summed E-state index contributed by atoms with van der Waals surface area (Å²) in [5.74, 6) is 1.02. The van der Waals surface area contributed by atoms with E-state index >= 15 is 0 Å². The molecule has 0 aliphatic carbocycles. The van der Waals surface area contributed by atoms with Crippen LogP contribution >= 0.6 is 15.9 Å². The molecule has 0 radical (unpaired) electrons. The van der Waals surface area contributed by atoms with Gasteiger partial charge in [0.05, 0.1) is 7.11 Å². The van der Waals surface area contributed by atoms with Crippen LogP contribution in [0.3, 0.4) is 0 Å². The zero-order chi connectivity index (χ0) is 13.4. The number of benzene rings is 1. The van der Waals surface area contributed by atoms with Crippen LogP contribution < -0.4 is 10.1 Å². The largest absolute Gasteiger partial charge is 0.496 e. The fourth-order valence-corrected chi connectivity index (χ4v) is 2.39. The number of aryl methyl sites for hydroxylation is 2. The summed E-state index contributed by atoms with van der Waals surface area (Å²) >= 11 is 3.59. The summed E-state index contributed by atoms with van der Waals surface area (Å²) in [5, 5.41) is 3.35. The van der Waals surface area contributed by atoms with Gasteiger partial charge in [0, 0.05) is 4.47 Å². The van der Waals surface area contributed by atoms with Crippen LogP contribution in [0.25, 0.3) is 0 Å². The lowest BCUT2D eigenvalue weighted by Crippen LogP contribution is -2.13. The Morgan fingerprint density at radius 1 is 1.22 bits per heavy atom. The summed E-state index contributed by atoms with van der Waals surface area (Å²) in [7, 11) is 1.75. The van der Waals surface area contributed by atoms with Crippen LogP contribution in [-0.2, 0) is 6.42 Å². The monoisotopic (exact) mass is 313 g/mol. The molecule has 0 aliphatic heterocycles. The summed E-state index contributed by atoms with van der Waals surface area (Å²) in [5.41, 5.74) is 2.53. The number of hydrogen-bond acceptors (Lipinski definition) is 2. The first-order chi connectivity index (χ1) is 8.69. The summed E-state index contributed by atoms with van der Waals surface area (Å²) in [4.78, 5) is 0. The number of halogens is 1. The van der Waals surface area contributed by atoms with Gasteiger partial charge in [-0.1, -0.05) is 29.3 Å². The van der Waals surface area contributed by atoms with Gasteiger partial charge in [-0.25, -0.2) is 0 Å². The third-order valence-corrected chi connectivity index (χ3v) is 3.97. The zero-order valence-corrected chi connectivity index (χ0v) is 13.3. The Hall–Kier alpha value is -0.540.